The third-order valence-electron chi connectivity index (χ3n) is 5.52. The maximum atomic E-state index is 12.2. The van der Waals surface area contributed by atoms with Gasteiger partial charge in [0, 0.05) is 25.7 Å². The fourth-order valence-corrected chi connectivity index (χ4v) is 4.74. The summed E-state index contributed by atoms with van der Waals surface area (Å²) in [6.07, 6.45) is 1.75. The second-order valence-corrected chi connectivity index (χ2v) is 8.85. The molecule has 0 unspecified atom stereocenters. The Morgan fingerprint density at radius 3 is 2.66 bits per heavy atom. The Bertz CT molecular complexity index is 1140. The normalized spacial score (nSPS) is 14.3. The van der Waals surface area contributed by atoms with Gasteiger partial charge in [-0.2, -0.15) is 0 Å². The molecule has 1 aliphatic heterocycles. The van der Waals surface area contributed by atoms with Gasteiger partial charge in [0.05, 0.1) is 15.1 Å². The van der Waals surface area contributed by atoms with Crippen LogP contribution in [0.15, 0.2) is 42.5 Å². The van der Waals surface area contributed by atoms with Crippen LogP contribution in [-0.2, 0) is 9.59 Å². The summed E-state index contributed by atoms with van der Waals surface area (Å²) < 4.78 is 1.16. The first-order valence-corrected chi connectivity index (χ1v) is 11.2. The number of thiazole rings is 1. The minimum atomic E-state index is -0.913. The average Bonchev–Trinajstić information content (AvgIpc) is 3.23. The number of nitrogens with zero attached hydrogens (tertiary/aromatic N) is 3. The van der Waals surface area contributed by atoms with E-state index in [9.17, 15) is 19.7 Å². The van der Waals surface area contributed by atoms with Crippen LogP contribution in [0.25, 0.3) is 10.2 Å². The number of carbonyl (C=O) groups is 2. The molecule has 32 heavy (non-hydrogen) atoms. The lowest BCUT2D eigenvalue weighted by atomic mass is 9.97. The lowest BCUT2D eigenvalue weighted by Crippen LogP contribution is -2.41. The number of nitro benzene ring substituents is 1. The number of hydrogen-bond acceptors (Lipinski definition) is 7. The molecule has 166 valence electrons. The molecule has 1 aliphatic rings. The van der Waals surface area contributed by atoms with E-state index in [1.165, 1.54) is 12.1 Å². The molecule has 0 atom stereocenters. The zero-order chi connectivity index (χ0) is 22.7. The molecule has 2 N–H and O–H groups in total. The SMILES string of the molecule is Cc1ccc(NC(=O)C(=O)NCC2CCN(c3nc4ccccc4s3)CC2)c([N+](=O)[O-])c1. The quantitative estimate of drug-likeness (QED) is 0.347. The highest BCUT2D eigenvalue weighted by Crippen LogP contribution is 2.31. The molecular formula is C22H23N5O4S. The van der Waals surface area contributed by atoms with Crippen molar-refractivity contribution in [2.24, 2.45) is 5.92 Å². The van der Waals surface area contributed by atoms with Gasteiger partial charge < -0.3 is 15.5 Å². The average molecular weight is 454 g/mol. The fraction of sp³-hybridized carbons (Fsp3) is 0.318. The number of hydrogen-bond donors (Lipinski definition) is 2. The van der Waals surface area contributed by atoms with Crippen LogP contribution in [-0.4, -0.2) is 41.4 Å². The highest BCUT2D eigenvalue weighted by molar-refractivity contribution is 7.22. The second-order valence-electron chi connectivity index (χ2n) is 7.84. The number of aromatic nitrogens is 1. The number of nitrogens with one attached hydrogen (secondary N) is 2. The van der Waals surface area contributed by atoms with Crippen LogP contribution in [0.5, 0.6) is 0 Å². The van der Waals surface area contributed by atoms with Crippen molar-refractivity contribution >= 4 is 49.9 Å². The largest absolute Gasteiger partial charge is 0.348 e. The van der Waals surface area contributed by atoms with Gasteiger partial charge in [-0.15, -0.1) is 0 Å². The molecule has 4 rings (SSSR count). The Balaban J connectivity index is 1.27. The van der Waals surface area contributed by atoms with Crippen molar-refractivity contribution in [2.75, 3.05) is 29.9 Å². The van der Waals surface area contributed by atoms with E-state index >= 15 is 0 Å². The summed E-state index contributed by atoms with van der Waals surface area (Å²) in [7, 11) is 0. The molecule has 2 heterocycles. The van der Waals surface area contributed by atoms with Gasteiger partial charge in [0.1, 0.15) is 5.69 Å². The number of fused-ring (bicyclic) bond motifs is 1. The van der Waals surface area contributed by atoms with Crippen molar-refractivity contribution in [3.8, 4) is 0 Å². The Hall–Kier alpha value is -3.53. The van der Waals surface area contributed by atoms with Crippen molar-refractivity contribution in [1.82, 2.24) is 10.3 Å². The molecule has 0 aliphatic carbocycles. The van der Waals surface area contributed by atoms with Crippen LogP contribution in [0.3, 0.4) is 0 Å². The topological polar surface area (TPSA) is 117 Å². The van der Waals surface area contributed by atoms with E-state index in [1.807, 2.05) is 18.2 Å². The Morgan fingerprint density at radius 2 is 1.94 bits per heavy atom. The van der Waals surface area contributed by atoms with Crippen LogP contribution in [0, 0.1) is 23.0 Å². The van der Waals surface area contributed by atoms with Crippen LogP contribution in [0.2, 0.25) is 0 Å². The third kappa shape index (κ3) is 4.86. The second kappa shape index (κ2) is 9.31. The summed E-state index contributed by atoms with van der Waals surface area (Å²) in [6, 6.07) is 12.5. The molecule has 0 radical (unpaired) electrons. The van der Waals surface area contributed by atoms with Gasteiger partial charge in [-0.25, -0.2) is 4.98 Å². The first-order valence-electron chi connectivity index (χ1n) is 10.4. The highest BCUT2D eigenvalue weighted by atomic mass is 32.1. The van der Waals surface area contributed by atoms with Gasteiger partial charge in [0.2, 0.25) is 0 Å². The van der Waals surface area contributed by atoms with Crippen LogP contribution in [0.1, 0.15) is 18.4 Å². The zero-order valence-corrected chi connectivity index (χ0v) is 18.4. The van der Waals surface area contributed by atoms with Crippen molar-refractivity contribution < 1.29 is 14.5 Å². The smallest absolute Gasteiger partial charge is 0.313 e. The van der Waals surface area contributed by atoms with E-state index in [2.05, 4.69) is 21.6 Å². The van der Waals surface area contributed by atoms with Gasteiger partial charge >= 0.3 is 11.8 Å². The Morgan fingerprint density at radius 1 is 1.19 bits per heavy atom. The summed E-state index contributed by atoms with van der Waals surface area (Å²) in [5.41, 5.74) is 1.45. The number of rotatable bonds is 5. The van der Waals surface area contributed by atoms with Gasteiger partial charge in [0.25, 0.3) is 5.69 Å². The lowest BCUT2D eigenvalue weighted by molar-refractivity contribution is -0.384. The summed E-state index contributed by atoms with van der Waals surface area (Å²) in [4.78, 5) is 42.0. The summed E-state index contributed by atoms with van der Waals surface area (Å²) >= 11 is 1.68. The number of para-hydroxylation sites is 1. The number of amides is 2. The minimum absolute atomic E-state index is 0.00453. The molecule has 1 aromatic heterocycles. The zero-order valence-electron chi connectivity index (χ0n) is 17.5. The van der Waals surface area contributed by atoms with E-state index < -0.39 is 16.7 Å². The van der Waals surface area contributed by atoms with Crippen molar-refractivity contribution in [3.05, 3.63) is 58.1 Å². The predicted molar refractivity (Wildman–Crippen MR) is 124 cm³/mol. The summed E-state index contributed by atoms with van der Waals surface area (Å²) in [5.74, 6) is -1.46. The fourth-order valence-electron chi connectivity index (χ4n) is 3.72. The van der Waals surface area contributed by atoms with E-state index in [4.69, 9.17) is 4.98 Å². The molecule has 1 saturated heterocycles. The molecular weight excluding hydrogens is 430 g/mol. The molecule has 2 amide bonds. The number of anilines is 2. The molecule has 9 nitrogen and oxygen atoms in total. The Kier molecular flexibility index (Phi) is 6.31. The summed E-state index contributed by atoms with van der Waals surface area (Å²) in [5, 5.41) is 17.2. The van der Waals surface area contributed by atoms with Gasteiger partial charge in [-0.1, -0.05) is 29.5 Å². The Labute approximate surface area is 188 Å². The van der Waals surface area contributed by atoms with Crippen molar-refractivity contribution in [1.29, 1.82) is 0 Å². The third-order valence-corrected chi connectivity index (χ3v) is 6.62. The van der Waals surface area contributed by atoms with Gasteiger partial charge in [0.15, 0.2) is 5.13 Å². The standard InChI is InChI=1S/C22H23N5O4S/c1-14-6-7-16(18(12-14)27(30)31)24-21(29)20(28)23-13-15-8-10-26(11-9-15)22-25-17-4-2-3-5-19(17)32-22/h2-7,12,15H,8-11,13H2,1H3,(H,23,28)(H,24,29). The maximum absolute atomic E-state index is 12.2. The van der Waals surface area contributed by atoms with E-state index in [0.29, 0.717) is 12.1 Å². The van der Waals surface area contributed by atoms with Gasteiger partial charge in [-0.05, 0) is 49.4 Å². The van der Waals surface area contributed by atoms with E-state index in [1.54, 1.807) is 24.3 Å². The van der Waals surface area contributed by atoms with E-state index in [0.717, 1.165) is 41.3 Å². The summed E-state index contributed by atoms with van der Waals surface area (Å²) in [6.45, 7) is 3.77. The predicted octanol–water partition coefficient (Wildman–Crippen LogP) is 3.48. The first-order chi connectivity index (χ1) is 15.4. The molecule has 2 aromatic carbocycles. The van der Waals surface area contributed by atoms with Crippen LogP contribution >= 0.6 is 11.3 Å². The van der Waals surface area contributed by atoms with Crippen LogP contribution < -0.4 is 15.5 Å². The molecule has 0 saturated carbocycles. The number of aryl methyl sites for hydroxylation is 1. The molecule has 1 fully saturated rings. The number of piperidine rings is 1. The van der Waals surface area contributed by atoms with E-state index in [-0.39, 0.29) is 17.3 Å². The number of carbonyl (C=O) groups excluding carboxylic acids is 2. The van der Waals surface area contributed by atoms with Crippen LogP contribution in [0.4, 0.5) is 16.5 Å². The number of nitro groups is 1. The molecule has 3 aromatic rings. The monoisotopic (exact) mass is 453 g/mol. The maximum Gasteiger partial charge on any atom is 0.313 e. The molecule has 10 heteroatoms. The van der Waals surface area contributed by atoms with Gasteiger partial charge in [-0.3, -0.25) is 19.7 Å². The number of benzene rings is 2. The van der Waals surface area contributed by atoms with Crippen molar-refractivity contribution in [3.63, 3.8) is 0 Å². The molecule has 0 bridgehead atoms. The van der Waals surface area contributed by atoms with Crippen molar-refractivity contribution in [2.45, 2.75) is 19.8 Å². The highest BCUT2D eigenvalue weighted by Gasteiger charge is 2.24. The first kappa shape index (κ1) is 21.7. The molecule has 0 spiro atoms. The lowest BCUT2D eigenvalue weighted by Gasteiger charge is -2.31. The minimum Gasteiger partial charge on any atom is -0.348 e.